The van der Waals surface area contributed by atoms with Crippen LogP contribution >= 0.6 is 45.2 Å². The highest BCUT2D eigenvalue weighted by atomic mass is 127. The molecule has 0 radical (unpaired) electrons. The van der Waals surface area contributed by atoms with Crippen molar-refractivity contribution in [3.05, 3.63) is 25.3 Å². The monoisotopic (exact) mass is 535 g/mol. The summed E-state index contributed by atoms with van der Waals surface area (Å²) >= 11 is 4.14. The second-order valence-corrected chi connectivity index (χ2v) is 7.97. The lowest BCUT2D eigenvalue weighted by molar-refractivity contribution is -0.0451. The molecule has 0 saturated heterocycles. The molecule has 0 fully saturated rings. The normalized spacial score (nSPS) is 14.1. The first-order chi connectivity index (χ1) is 9.03. The molecule has 4 nitrogen and oxygen atoms in total. The van der Waals surface area contributed by atoms with Crippen LogP contribution in [0.3, 0.4) is 0 Å². The van der Waals surface area contributed by atoms with E-state index in [4.69, 9.17) is 4.74 Å². The summed E-state index contributed by atoms with van der Waals surface area (Å²) < 4.78 is 66.9. The molecule has 0 aliphatic carbocycles. The van der Waals surface area contributed by atoms with E-state index in [9.17, 15) is 21.6 Å². The van der Waals surface area contributed by atoms with E-state index in [2.05, 4.69) is 22.6 Å². The molecule has 1 rings (SSSR count). The first-order valence-electron chi connectivity index (χ1n) is 5.19. The maximum Gasteiger partial charge on any atom is 0.511 e. The molecule has 0 aliphatic rings. The van der Waals surface area contributed by atoms with E-state index in [1.54, 1.807) is 12.1 Å². The molecule has 0 saturated carbocycles. The second-order valence-electron chi connectivity index (χ2n) is 3.85. The number of rotatable bonds is 5. The van der Waals surface area contributed by atoms with Gasteiger partial charge in [-0.2, -0.15) is 13.2 Å². The third-order valence-electron chi connectivity index (χ3n) is 2.04. The average molecular weight is 535 g/mol. The molecule has 1 unspecified atom stereocenters. The Morgan fingerprint density at radius 3 is 2.45 bits per heavy atom. The number of hydrogen-bond acceptors (Lipinski definition) is 3. The van der Waals surface area contributed by atoms with Gasteiger partial charge in [-0.1, -0.05) is 0 Å². The van der Waals surface area contributed by atoms with Crippen LogP contribution in [0, 0.1) is 7.14 Å². The first kappa shape index (κ1) is 18.2. The van der Waals surface area contributed by atoms with Gasteiger partial charge in [-0.25, -0.2) is 13.1 Å². The SMILES string of the molecule is CC(COc1ccc(I)cc1I)NS(=O)(=O)C(F)(F)F. The Morgan fingerprint density at radius 1 is 1.35 bits per heavy atom. The molecule has 20 heavy (non-hydrogen) atoms. The van der Waals surface area contributed by atoms with E-state index in [0.717, 1.165) is 7.14 Å². The van der Waals surface area contributed by atoms with Crippen molar-refractivity contribution in [1.82, 2.24) is 4.72 Å². The van der Waals surface area contributed by atoms with Gasteiger partial charge in [-0.05, 0) is 70.3 Å². The van der Waals surface area contributed by atoms with Crippen molar-refractivity contribution >= 4 is 55.2 Å². The number of hydrogen-bond donors (Lipinski definition) is 1. The van der Waals surface area contributed by atoms with Crippen LogP contribution in [0.2, 0.25) is 0 Å². The van der Waals surface area contributed by atoms with Crippen LogP contribution < -0.4 is 9.46 Å². The molecule has 0 spiro atoms. The van der Waals surface area contributed by atoms with E-state index in [-0.39, 0.29) is 6.61 Å². The van der Waals surface area contributed by atoms with Gasteiger partial charge in [-0.15, -0.1) is 0 Å². The van der Waals surface area contributed by atoms with Gasteiger partial charge in [0.1, 0.15) is 12.4 Å². The summed E-state index contributed by atoms with van der Waals surface area (Å²) in [6.07, 6.45) is 0. The Labute approximate surface area is 141 Å². The zero-order chi connectivity index (χ0) is 15.6. The van der Waals surface area contributed by atoms with Gasteiger partial charge in [0, 0.05) is 3.57 Å². The van der Waals surface area contributed by atoms with Crippen molar-refractivity contribution in [1.29, 1.82) is 0 Å². The molecule has 1 atom stereocenters. The minimum atomic E-state index is -5.35. The molecular formula is C10H10F3I2NO3S. The molecule has 1 aromatic carbocycles. The molecule has 1 N–H and O–H groups in total. The van der Waals surface area contributed by atoms with Crippen LogP contribution in [0.4, 0.5) is 13.2 Å². The smallest absolute Gasteiger partial charge is 0.491 e. The summed E-state index contributed by atoms with van der Waals surface area (Å²) in [5.41, 5.74) is -5.32. The highest BCUT2D eigenvalue weighted by Gasteiger charge is 2.46. The average Bonchev–Trinajstić information content (AvgIpc) is 2.25. The number of halogens is 5. The number of alkyl halides is 3. The number of nitrogens with one attached hydrogen (secondary N) is 1. The molecule has 0 heterocycles. The molecule has 114 valence electrons. The molecule has 0 aromatic heterocycles. The van der Waals surface area contributed by atoms with Crippen LogP contribution in [0.1, 0.15) is 6.92 Å². The summed E-state index contributed by atoms with van der Waals surface area (Å²) in [5, 5.41) is 0. The van der Waals surface area contributed by atoms with Crippen molar-refractivity contribution in [2.45, 2.75) is 18.5 Å². The summed E-state index contributed by atoms with van der Waals surface area (Å²) in [6.45, 7) is 1.09. The molecular weight excluding hydrogens is 525 g/mol. The number of benzene rings is 1. The molecule has 0 amide bonds. The van der Waals surface area contributed by atoms with Crippen LogP contribution in [0.25, 0.3) is 0 Å². The number of sulfonamides is 1. The topological polar surface area (TPSA) is 55.4 Å². The molecule has 0 aliphatic heterocycles. The van der Waals surface area contributed by atoms with Gasteiger partial charge in [0.2, 0.25) is 0 Å². The Bertz CT molecular complexity index is 578. The Hall–Kier alpha value is 0.180. The Kier molecular flexibility index (Phi) is 6.34. The summed E-state index contributed by atoms with van der Waals surface area (Å²) in [4.78, 5) is 0. The van der Waals surface area contributed by atoms with Crippen LogP contribution in [-0.4, -0.2) is 26.6 Å². The fourth-order valence-electron chi connectivity index (χ4n) is 1.17. The lowest BCUT2D eigenvalue weighted by atomic mass is 10.3. The predicted octanol–water partition coefficient (Wildman–Crippen LogP) is 3.10. The highest BCUT2D eigenvalue weighted by Crippen LogP contribution is 2.24. The van der Waals surface area contributed by atoms with E-state index < -0.39 is 21.6 Å². The van der Waals surface area contributed by atoms with Crippen molar-refractivity contribution in [3.63, 3.8) is 0 Å². The minimum absolute atomic E-state index is 0.202. The first-order valence-corrected chi connectivity index (χ1v) is 8.83. The standard InChI is InChI=1S/C10H10F3I2NO3S/c1-6(16-20(17,18)10(11,12)13)5-19-9-3-2-7(14)4-8(9)15/h2-4,6,16H,5H2,1H3. The minimum Gasteiger partial charge on any atom is -0.491 e. The van der Waals surface area contributed by atoms with E-state index in [1.165, 1.54) is 11.6 Å². The predicted molar refractivity (Wildman–Crippen MR) is 84.9 cm³/mol. The van der Waals surface area contributed by atoms with Crippen molar-refractivity contribution < 1.29 is 26.3 Å². The van der Waals surface area contributed by atoms with Gasteiger partial charge in [0.25, 0.3) is 0 Å². The van der Waals surface area contributed by atoms with Gasteiger partial charge in [-0.3, -0.25) is 0 Å². The highest BCUT2D eigenvalue weighted by molar-refractivity contribution is 14.1. The van der Waals surface area contributed by atoms with Gasteiger partial charge in [0.05, 0.1) is 9.61 Å². The second kappa shape index (κ2) is 6.96. The third-order valence-corrected chi connectivity index (χ3v) is 4.88. The lowest BCUT2D eigenvalue weighted by Crippen LogP contribution is -2.43. The van der Waals surface area contributed by atoms with E-state index >= 15 is 0 Å². The fraction of sp³-hybridized carbons (Fsp3) is 0.400. The summed E-state index contributed by atoms with van der Waals surface area (Å²) in [7, 11) is -5.35. The van der Waals surface area contributed by atoms with Crippen LogP contribution in [0.15, 0.2) is 18.2 Å². The third kappa shape index (κ3) is 5.18. The summed E-state index contributed by atoms with van der Waals surface area (Å²) in [6, 6.07) is 4.29. The molecule has 1 aromatic rings. The van der Waals surface area contributed by atoms with Crippen molar-refractivity contribution in [3.8, 4) is 5.75 Å². The molecule has 0 bridgehead atoms. The summed E-state index contributed by atoms with van der Waals surface area (Å²) in [5.74, 6) is 0.490. The van der Waals surface area contributed by atoms with Crippen molar-refractivity contribution in [2.24, 2.45) is 0 Å². The largest absolute Gasteiger partial charge is 0.511 e. The van der Waals surface area contributed by atoms with E-state index in [0.29, 0.717) is 5.75 Å². The van der Waals surface area contributed by atoms with Gasteiger partial charge < -0.3 is 4.74 Å². The zero-order valence-corrected chi connectivity index (χ0v) is 15.2. The number of ether oxygens (including phenoxy) is 1. The Morgan fingerprint density at radius 2 is 1.95 bits per heavy atom. The zero-order valence-electron chi connectivity index (χ0n) is 10.0. The quantitative estimate of drug-likeness (QED) is 0.591. The van der Waals surface area contributed by atoms with E-state index in [1.807, 2.05) is 28.7 Å². The van der Waals surface area contributed by atoms with Crippen LogP contribution in [0.5, 0.6) is 5.75 Å². The van der Waals surface area contributed by atoms with Gasteiger partial charge >= 0.3 is 15.5 Å². The van der Waals surface area contributed by atoms with Crippen molar-refractivity contribution in [2.75, 3.05) is 6.61 Å². The molecule has 10 heteroatoms. The maximum absolute atomic E-state index is 12.2. The fourth-order valence-corrected chi connectivity index (χ4v) is 3.66. The Balaban J connectivity index is 2.62. The maximum atomic E-state index is 12.2. The lowest BCUT2D eigenvalue weighted by Gasteiger charge is -2.17. The van der Waals surface area contributed by atoms with Gasteiger partial charge in [0.15, 0.2) is 0 Å². The van der Waals surface area contributed by atoms with Crippen LogP contribution in [-0.2, 0) is 10.0 Å².